The fourth-order valence-corrected chi connectivity index (χ4v) is 8.74. The van der Waals surface area contributed by atoms with Gasteiger partial charge in [0.15, 0.2) is 6.29 Å². The molecule has 5 nitrogen and oxygen atoms in total. The van der Waals surface area contributed by atoms with Crippen molar-refractivity contribution in [2.24, 2.45) is 40.4 Å². The Balaban J connectivity index is 1.35. The maximum absolute atomic E-state index is 13.4. The quantitative estimate of drug-likeness (QED) is 0.447. The van der Waals surface area contributed by atoms with Crippen LogP contribution in [0.25, 0.3) is 0 Å². The van der Waals surface area contributed by atoms with Gasteiger partial charge >= 0.3 is 5.97 Å². The number of ketones is 1. The molecular formula is C27H40O5. The number of carbonyl (C=O) groups is 2. The monoisotopic (exact) mass is 444 g/mol. The predicted molar refractivity (Wildman–Crippen MR) is 121 cm³/mol. The van der Waals surface area contributed by atoms with Crippen LogP contribution in [0.1, 0.15) is 79.1 Å². The molecule has 5 rings (SSSR count). The highest BCUT2D eigenvalue weighted by Crippen LogP contribution is 2.66. The van der Waals surface area contributed by atoms with Gasteiger partial charge in [-0.2, -0.15) is 0 Å². The van der Waals surface area contributed by atoms with Gasteiger partial charge < -0.3 is 14.2 Å². The number of Topliss-reactive ketones (excluding diaryl/α,β-unsaturated/α-hetero) is 1. The van der Waals surface area contributed by atoms with E-state index in [9.17, 15) is 9.59 Å². The summed E-state index contributed by atoms with van der Waals surface area (Å²) in [4.78, 5) is 24.9. The van der Waals surface area contributed by atoms with E-state index < -0.39 is 0 Å². The first-order valence-electron chi connectivity index (χ1n) is 12.8. The van der Waals surface area contributed by atoms with Gasteiger partial charge in [0.05, 0.1) is 13.2 Å². The van der Waals surface area contributed by atoms with E-state index in [1.54, 1.807) is 0 Å². The smallest absolute Gasteiger partial charge is 0.302 e. The predicted octanol–water partition coefficient (Wildman–Crippen LogP) is 5.08. The molecule has 178 valence electrons. The summed E-state index contributed by atoms with van der Waals surface area (Å²) >= 11 is 0. The molecule has 4 aliphatic carbocycles. The van der Waals surface area contributed by atoms with Crippen LogP contribution in [0, 0.1) is 40.4 Å². The van der Waals surface area contributed by atoms with Crippen molar-refractivity contribution in [3.8, 4) is 0 Å². The average Bonchev–Trinajstić information content (AvgIpc) is 3.32. The van der Waals surface area contributed by atoms with Gasteiger partial charge in [0.2, 0.25) is 0 Å². The molecule has 0 amide bonds. The summed E-state index contributed by atoms with van der Waals surface area (Å²) in [6.07, 6.45) is 10.3. The number of esters is 1. The number of ether oxygens (including phenoxy) is 3. The van der Waals surface area contributed by atoms with Crippen LogP contribution in [-0.2, 0) is 23.8 Å². The van der Waals surface area contributed by atoms with Crippen molar-refractivity contribution in [1.82, 2.24) is 0 Å². The van der Waals surface area contributed by atoms with Gasteiger partial charge in [-0.1, -0.05) is 32.4 Å². The lowest BCUT2D eigenvalue weighted by Crippen LogP contribution is -2.51. The third-order valence-electron chi connectivity index (χ3n) is 10.1. The number of hydrogen-bond donors (Lipinski definition) is 0. The van der Waals surface area contributed by atoms with Crippen molar-refractivity contribution in [1.29, 1.82) is 0 Å². The first-order valence-corrected chi connectivity index (χ1v) is 12.8. The zero-order chi connectivity index (χ0) is 22.7. The molecule has 5 heteroatoms. The molecule has 1 aliphatic heterocycles. The average molecular weight is 445 g/mol. The number of carbonyl (C=O) groups excluding carboxylic acids is 2. The molecule has 32 heavy (non-hydrogen) atoms. The minimum atomic E-state index is -0.167. The highest BCUT2D eigenvalue weighted by Gasteiger charge is 2.62. The number of hydrogen-bond acceptors (Lipinski definition) is 5. The van der Waals surface area contributed by atoms with Crippen LogP contribution in [0.3, 0.4) is 0 Å². The van der Waals surface area contributed by atoms with Gasteiger partial charge in [-0.15, -0.1) is 0 Å². The van der Waals surface area contributed by atoms with E-state index in [1.165, 1.54) is 18.9 Å². The molecule has 3 saturated carbocycles. The summed E-state index contributed by atoms with van der Waals surface area (Å²) in [7, 11) is 0. The van der Waals surface area contributed by atoms with Gasteiger partial charge in [-0.05, 0) is 66.6 Å². The van der Waals surface area contributed by atoms with E-state index in [0.717, 1.165) is 44.9 Å². The summed E-state index contributed by atoms with van der Waals surface area (Å²) in [5.74, 6) is 2.43. The summed E-state index contributed by atoms with van der Waals surface area (Å²) in [5.41, 5.74) is 1.79. The molecule has 0 aromatic carbocycles. The highest BCUT2D eigenvalue weighted by atomic mass is 16.7. The van der Waals surface area contributed by atoms with Crippen molar-refractivity contribution in [2.45, 2.75) is 91.5 Å². The van der Waals surface area contributed by atoms with E-state index in [-0.39, 0.29) is 35.1 Å². The molecule has 1 heterocycles. The van der Waals surface area contributed by atoms with E-state index in [1.807, 2.05) is 0 Å². The van der Waals surface area contributed by atoms with Crippen molar-refractivity contribution in [3.63, 3.8) is 0 Å². The standard InChI is InChI=1S/C27H40O5/c1-16(13-24-30-11-12-31-24)25-23(29)15-22-20-6-5-18-14-19(32-17(2)28)7-9-26(18,3)21(20)8-10-27(22,25)4/h5,16,19-22,24-25H,6-15H2,1-4H3/t16-,19+,20-,21+,22+,25+,26?,27+/m1/s1. The second kappa shape index (κ2) is 8.23. The first kappa shape index (κ1) is 22.6. The highest BCUT2D eigenvalue weighted by molar-refractivity contribution is 5.85. The topological polar surface area (TPSA) is 61.8 Å². The molecule has 0 aromatic heterocycles. The van der Waals surface area contributed by atoms with Crippen LogP contribution in [0.4, 0.5) is 0 Å². The Bertz CT molecular complexity index is 798. The molecule has 0 radical (unpaired) electrons. The maximum atomic E-state index is 13.4. The fourth-order valence-electron chi connectivity index (χ4n) is 8.74. The minimum Gasteiger partial charge on any atom is -0.462 e. The van der Waals surface area contributed by atoms with Crippen molar-refractivity contribution in [2.75, 3.05) is 13.2 Å². The van der Waals surface area contributed by atoms with E-state index >= 15 is 0 Å². The maximum Gasteiger partial charge on any atom is 0.302 e. The third-order valence-corrected chi connectivity index (χ3v) is 10.1. The second-order valence-electron chi connectivity index (χ2n) is 11.8. The largest absolute Gasteiger partial charge is 0.462 e. The lowest BCUT2D eigenvalue weighted by atomic mass is 9.47. The van der Waals surface area contributed by atoms with E-state index in [0.29, 0.717) is 42.7 Å². The Hall–Kier alpha value is -1.20. The number of allylic oxidation sites excluding steroid dienone is 1. The SMILES string of the molecule is CC(=O)O[C@H]1CCC2(C)C(=CC[C@@H]3[C@@H]2CC[C@]2(C)[C@@H]([C@H](C)CC4OCCO4)C(=O)C[C@@H]32)C1. The van der Waals surface area contributed by atoms with Crippen LogP contribution in [0.15, 0.2) is 11.6 Å². The molecule has 1 unspecified atom stereocenters. The lowest BCUT2D eigenvalue weighted by Gasteiger charge is -2.58. The number of rotatable bonds is 4. The van der Waals surface area contributed by atoms with Crippen LogP contribution >= 0.6 is 0 Å². The first-order chi connectivity index (χ1) is 15.2. The van der Waals surface area contributed by atoms with Gasteiger partial charge in [0.25, 0.3) is 0 Å². The summed E-state index contributed by atoms with van der Waals surface area (Å²) in [6, 6.07) is 0. The van der Waals surface area contributed by atoms with Crippen molar-refractivity contribution >= 4 is 11.8 Å². The summed E-state index contributed by atoms with van der Waals surface area (Å²) in [5, 5.41) is 0. The Morgan fingerprint density at radius 2 is 1.91 bits per heavy atom. The van der Waals surface area contributed by atoms with Crippen LogP contribution in [-0.4, -0.2) is 37.4 Å². The molecule has 0 spiro atoms. The third kappa shape index (κ3) is 3.58. The second-order valence-corrected chi connectivity index (χ2v) is 11.8. The molecule has 0 N–H and O–H groups in total. The molecule has 0 aromatic rings. The molecule has 4 fully saturated rings. The lowest BCUT2D eigenvalue weighted by molar-refractivity contribution is -0.149. The fraction of sp³-hybridized carbons (Fsp3) is 0.852. The van der Waals surface area contributed by atoms with Crippen LogP contribution < -0.4 is 0 Å². The summed E-state index contributed by atoms with van der Waals surface area (Å²) in [6.45, 7) is 9.96. The molecule has 1 saturated heterocycles. The van der Waals surface area contributed by atoms with Crippen molar-refractivity contribution in [3.05, 3.63) is 11.6 Å². The summed E-state index contributed by atoms with van der Waals surface area (Å²) < 4.78 is 17.0. The van der Waals surface area contributed by atoms with Gasteiger partial charge in [0.1, 0.15) is 11.9 Å². The van der Waals surface area contributed by atoms with Crippen LogP contribution in [0.2, 0.25) is 0 Å². The van der Waals surface area contributed by atoms with Gasteiger partial charge in [-0.25, -0.2) is 0 Å². The van der Waals surface area contributed by atoms with Crippen LogP contribution in [0.5, 0.6) is 0 Å². The Morgan fingerprint density at radius 1 is 1.16 bits per heavy atom. The molecule has 0 bridgehead atoms. The number of fused-ring (bicyclic) bond motifs is 5. The van der Waals surface area contributed by atoms with Gasteiger partial charge in [-0.3, -0.25) is 9.59 Å². The minimum absolute atomic E-state index is 0.0375. The Kier molecular flexibility index (Phi) is 5.81. The zero-order valence-corrected chi connectivity index (χ0v) is 20.2. The molecule has 8 atom stereocenters. The van der Waals surface area contributed by atoms with Gasteiger partial charge in [0, 0.05) is 32.1 Å². The Morgan fingerprint density at radius 3 is 2.62 bits per heavy atom. The normalized spacial score (nSPS) is 44.9. The molecule has 5 aliphatic rings. The zero-order valence-electron chi connectivity index (χ0n) is 20.2. The van der Waals surface area contributed by atoms with Crippen molar-refractivity contribution < 1.29 is 23.8 Å². The Labute approximate surface area is 192 Å². The van der Waals surface area contributed by atoms with E-state index in [2.05, 4.69) is 26.8 Å². The van der Waals surface area contributed by atoms with E-state index in [4.69, 9.17) is 14.2 Å². The molecular weight excluding hydrogens is 404 g/mol.